The molecule has 1 aliphatic rings. The van der Waals surface area contributed by atoms with Gasteiger partial charge in [-0.3, -0.25) is 4.79 Å². The van der Waals surface area contributed by atoms with E-state index >= 15 is 0 Å². The van der Waals surface area contributed by atoms with Gasteiger partial charge in [-0.15, -0.1) is 0 Å². The van der Waals surface area contributed by atoms with Crippen LogP contribution in [-0.4, -0.2) is 11.9 Å². The van der Waals surface area contributed by atoms with E-state index in [1.807, 2.05) is 32.9 Å². The number of rotatable bonds is 4. The van der Waals surface area contributed by atoms with Crippen LogP contribution in [0.1, 0.15) is 55.3 Å². The Morgan fingerprint density at radius 3 is 2.45 bits per heavy atom. The maximum absolute atomic E-state index is 12.5. The molecular weight excluding hydrogens is 278 g/mol. The molecule has 0 bridgehead atoms. The van der Waals surface area contributed by atoms with Crippen molar-refractivity contribution < 1.29 is 14.7 Å². The Labute approximate surface area is 131 Å². The number of nitrogens with one attached hydrogen (secondary N) is 1. The molecule has 2 rings (SSSR count). The largest absolute Gasteiger partial charge is 0.550 e. The Hall–Kier alpha value is -1.84. The number of carboxylic acid groups (broad SMARTS) is 1. The third-order valence-corrected chi connectivity index (χ3v) is 4.67. The van der Waals surface area contributed by atoms with Crippen LogP contribution >= 0.6 is 0 Å². The van der Waals surface area contributed by atoms with Crippen molar-refractivity contribution in [3.05, 3.63) is 34.9 Å². The third kappa shape index (κ3) is 3.67. The molecule has 22 heavy (non-hydrogen) atoms. The van der Waals surface area contributed by atoms with Gasteiger partial charge in [0.2, 0.25) is 5.91 Å². The van der Waals surface area contributed by atoms with Gasteiger partial charge < -0.3 is 15.2 Å². The van der Waals surface area contributed by atoms with E-state index in [0.29, 0.717) is 12.8 Å². The second kappa shape index (κ2) is 6.95. The smallest absolute Gasteiger partial charge is 0.224 e. The predicted octanol–water partition coefficient (Wildman–Crippen LogP) is 2.04. The number of carboxylic acids is 1. The predicted molar refractivity (Wildman–Crippen MR) is 82.9 cm³/mol. The first-order chi connectivity index (χ1) is 10.4. The molecule has 1 aliphatic carbocycles. The van der Waals surface area contributed by atoms with Gasteiger partial charge in [-0.1, -0.05) is 36.6 Å². The van der Waals surface area contributed by atoms with Gasteiger partial charge in [-0.2, -0.15) is 0 Å². The van der Waals surface area contributed by atoms with Gasteiger partial charge in [0.25, 0.3) is 0 Å². The van der Waals surface area contributed by atoms with E-state index in [1.54, 1.807) is 0 Å². The molecule has 1 aromatic rings. The molecule has 1 amide bonds. The van der Waals surface area contributed by atoms with Crippen molar-refractivity contribution in [2.45, 2.75) is 52.5 Å². The Morgan fingerprint density at radius 1 is 1.18 bits per heavy atom. The lowest BCUT2D eigenvalue weighted by Crippen LogP contribution is -2.45. The van der Waals surface area contributed by atoms with E-state index in [1.165, 1.54) is 0 Å². The highest BCUT2D eigenvalue weighted by Gasteiger charge is 2.32. The highest BCUT2D eigenvalue weighted by Crippen LogP contribution is 2.30. The number of aliphatic carboxylic acids is 1. The molecule has 0 spiro atoms. The number of aryl methyl sites for hydroxylation is 2. The van der Waals surface area contributed by atoms with Crippen molar-refractivity contribution in [2.75, 3.05) is 0 Å². The zero-order chi connectivity index (χ0) is 16.3. The van der Waals surface area contributed by atoms with Crippen LogP contribution in [0.15, 0.2) is 18.2 Å². The van der Waals surface area contributed by atoms with E-state index in [9.17, 15) is 14.7 Å². The van der Waals surface area contributed by atoms with Crippen LogP contribution in [0, 0.1) is 25.7 Å². The van der Waals surface area contributed by atoms with Gasteiger partial charge in [0.1, 0.15) is 0 Å². The normalized spacial score (nSPS) is 22.9. The summed E-state index contributed by atoms with van der Waals surface area (Å²) in [6.45, 7) is 5.98. The van der Waals surface area contributed by atoms with Crippen LogP contribution in [-0.2, 0) is 9.59 Å². The minimum absolute atomic E-state index is 0.128. The second-order valence-electron chi connectivity index (χ2n) is 6.41. The van der Waals surface area contributed by atoms with Crippen LogP contribution in [0.25, 0.3) is 0 Å². The van der Waals surface area contributed by atoms with Crippen molar-refractivity contribution in [3.63, 3.8) is 0 Å². The molecule has 0 unspecified atom stereocenters. The van der Waals surface area contributed by atoms with Crippen LogP contribution in [0.4, 0.5) is 0 Å². The summed E-state index contributed by atoms with van der Waals surface area (Å²) in [5, 5.41) is 14.2. The summed E-state index contributed by atoms with van der Waals surface area (Å²) < 4.78 is 0. The highest BCUT2D eigenvalue weighted by atomic mass is 16.4. The van der Waals surface area contributed by atoms with Crippen molar-refractivity contribution in [3.8, 4) is 0 Å². The van der Waals surface area contributed by atoms with Gasteiger partial charge in [0.05, 0.1) is 6.04 Å². The molecule has 0 aromatic heterocycles. The molecule has 0 heterocycles. The molecule has 1 saturated carbocycles. The van der Waals surface area contributed by atoms with E-state index in [-0.39, 0.29) is 11.9 Å². The molecule has 0 aliphatic heterocycles. The Bertz CT molecular complexity index is 567. The lowest BCUT2D eigenvalue weighted by molar-refractivity contribution is -0.314. The minimum atomic E-state index is -1.10. The molecule has 1 N–H and O–H groups in total. The van der Waals surface area contributed by atoms with Crippen LogP contribution in [0.3, 0.4) is 0 Å². The minimum Gasteiger partial charge on any atom is -0.550 e. The zero-order valence-corrected chi connectivity index (χ0v) is 13.5. The molecule has 120 valence electrons. The van der Waals surface area contributed by atoms with Crippen LogP contribution in [0.5, 0.6) is 0 Å². The molecule has 4 heteroatoms. The number of hydrogen-bond donors (Lipinski definition) is 1. The summed E-state index contributed by atoms with van der Waals surface area (Å²) >= 11 is 0. The molecular formula is C18H24NO3-. The summed E-state index contributed by atoms with van der Waals surface area (Å²) in [5.74, 6) is -2.38. The van der Waals surface area contributed by atoms with Crippen LogP contribution in [0.2, 0.25) is 0 Å². The van der Waals surface area contributed by atoms with Gasteiger partial charge in [-0.05, 0) is 44.7 Å². The number of amides is 1. The molecule has 0 saturated heterocycles. The SMILES string of the molecule is Cc1ccc(C)c([C@@H](C)NC(=O)[C@@H]2CCCC[C@@H]2C(=O)[O-])c1. The Kier molecular flexibility index (Phi) is 5.22. The average molecular weight is 302 g/mol. The van der Waals surface area contributed by atoms with Crippen molar-refractivity contribution in [2.24, 2.45) is 11.8 Å². The van der Waals surface area contributed by atoms with Crippen molar-refractivity contribution in [1.29, 1.82) is 0 Å². The van der Waals surface area contributed by atoms with Crippen LogP contribution < -0.4 is 10.4 Å². The van der Waals surface area contributed by atoms with E-state index < -0.39 is 17.8 Å². The van der Waals surface area contributed by atoms with E-state index in [0.717, 1.165) is 29.5 Å². The maximum Gasteiger partial charge on any atom is 0.224 e. The standard InChI is InChI=1S/C18H25NO3/c1-11-8-9-12(2)16(10-11)13(3)19-17(20)14-6-4-5-7-15(14)18(21)22/h8-10,13-15H,4-7H2,1-3H3,(H,19,20)(H,21,22)/p-1/t13-,14-,15+/m1/s1. The first kappa shape index (κ1) is 16.5. The molecule has 3 atom stereocenters. The monoisotopic (exact) mass is 302 g/mol. The Morgan fingerprint density at radius 2 is 1.82 bits per heavy atom. The van der Waals surface area contributed by atoms with Crippen molar-refractivity contribution >= 4 is 11.9 Å². The average Bonchev–Trinajstić information content (AvgIpc) is 2.49. The number of carbonyl (C=O) groups is 2. The van der Waals surface area contributed by atoms with Gasteiger partial charge in [0, 0.05) is 17.8 Å². The summed E-state index contributed by atoms with van der Waals surface area (Å²) in [7, 11) is 0. The first-order valence-corrected chi connectivity index (χ1v) is 7.98. The molecule has 4 nitrogen and oxygen atoms in total. The number of hydrogen-bond acceptors (Lipinski definition) is 3. The first-order valence-electron chi connectivity index (χ1n) is 7.98. The lowest BCUT2D eigenvalue weighted by atomic mass is 9.78. The molecule has 1 fully saturated rings. The fourth-order valence-electron chi connectivity index (χ4n) is 3.35. The van der Waals surface area contributed by atoms with Crippen molar-refractivity contribution in [1.82, 2.24) is 5.32 Å². The zero-order valence-electron chi connectivity index (χ0n) is 13.5. The lowest BCUT2D eigenvalue weighted by Gasteiger charge is -2.32. The molecule has 0 radical (unpaired) electrons. The summed E-state index contributed by atoms with van der Waals surface area (Å²) in [6, 6.07) is 6.02. The van der Waals surface area contributed by atoms with Gasteiger partial charge in [-0.25, -0.2) is 0 Å². The third-order valence-electron chi connectivity index (χ3n) is 4.67. The van der Waals surface area contributed by atoms with Gasteiger partial charge in [0.15, 0.2) is 0 Å². The summed E-state index contributed by atoms with van der Waals surface area (Å²) in [6.07, 6.45) is 2.93. The highest BCUT2D eigenvalue weighted by molar-refractivity contribution is 5.84. The molecule has 1 aromatic carbocycles. The quantitative estimate of drug-likeness (QED) is 0.925. The second-order valence-corrected chi connectivity index (χ2v) is 6.41. The number of carbonyl (C=O) groups excluding carboxylic acids is 2. The topological polar surface area (TPSA) is 69.2 Å². The summed E-state index contributed by atoms with van der Waals surface area (Å²) in [5.41, 5.74) is 3.35. The van der Waals surface area contributed by atoms with E-state index in [2.05, 4.69) is 11.4 Å². The summed E-state index contributed by atoms with van der Waals surface area (Å²) in [4.78, 5) is 23.7. The van der Waals surface area contributed by atoms with E-state index in [4.69, 9.17) is 0 Å². The van der Waals surface area contributed by atoms with Gasteiger partial charge >= 0.3 is 0 Å². The Balaban J connectivity index is 2.10. The maximum atomic E-state index is 12.5. The number of benzene rings is 1. The fourth-order valence-corrected chi connectivity index (χ4v) is 3.35. The fraction of sp³-hybridized carbons (Fsp3) is 0.556.